The van der Waals surface area contributed by atoms with Gasteiger partial charge in [-0.05, 0) is 19.8 Å². The first-order valence-electron chi connectivity index (χ1n) is 3.23. The maximum absolute atomic E-state index is 5.17. The summed E-state index contributed by atoms with van der Waals surface area (Å²) >= 11 is 0. The number of allylic oxidation sites excluding steroid dienone is 5. The van der Waals surface area contributed by atoms with Gasteiger partial charge in [-0.2, -0.15) is 0 Å². The Morgan fingerprint density at radius 2 is 2.00 bits per heavy atom. The highest BCUT2D eigenvalue weighted by Gasteiger charge is 1.70. The monoisotopic (exact) mass is 121 g/mol. The van der Waals surface area contributed by atoms with Crippen LogP contribution in [0.4, 0.5) is 0 Å². The average Bonchev–Trinajstić information content (AvgIpc) is 1.89. The van der Waals surface area contributed by atoms with E-state index in [4.69, 9.17) is 6.58 Å². The summed E-state index contributed by atoms with van der Waals surface area (Å²) < 4.78 is 0. The lowest BCUT2D eigenvalue weighted by atomic mass is 10.3. The van der Waals surface area contributed by atoms with Gasteiger partial charge < -0.3 is 0 Å². The molecule has 0 spiro atoms. The van der Waals surface area contributed by atoms with Gasteiger partial charge in [0.2, 0.25) is 0 Å². The summed E-state index contributed by atoms with van der Waals surface area (Å²) in [4.78, 5) is 0. The van der Waals surface area contributed by atoms with Crippen LogP contribution >= 0.6 is 0 Å². The largest absolute Gasteiger partial charge is 0.0877 e. The molecule has 0 heterocycles. The molecule has 49 valence electrons. The fraction of sp³-hybridized carbons (Fsp3) is 0.333. The third kappa shape index (κ3) is 7.22. The Balaban J connectivity index is 3.14. The van der Waals surface area contributed by atoms with Crippen molar-refractivity contribution in [2.24, 2.45) is 0 Å². The van der Waals surface area contributed by atoms with Crippen molar-refractivity contribution in [3.63, 3.8) is 0 Å². The number of rotatable bonds is 4. The van der Waals surface area contributed by atoms with Gasteiger partial charge in [0, 0.05) is 0 Å². The van der Waals surface area contributed by atoms with Crippen LogP contribution in [0.5, 0.6) is 0 Å². The van der Waals surface area contributed by atoms with Crippen LogP contribution < -0.4 is 0 Å². The van der Waals surface area contributed by atoms with Gasteiger partial charge in [0.1, 0.15) is 0 Å². The van der Waals surface area contributed by atoms with Gasteiger partial charge in [0.05, 0.1) is 0 Å². The predicted molar refractivity (Wildman–Crippen MR) is 42.1 cm³/mol. The van der Waals surface area contributed by atoms with E-state index in [1.807, 2.05) is 25.2 Å². The highest BCUT2D eigenvalue weighted by atomic mass is 13.8. The molecule has 0 aromatic rings. The first kappa shape index (κ1) is 8.22. The van der Waals surface area contributed by atoms with Crippen LogP contribution in [0.25, 0.3) is 0 Å². The van der Waals surface area contributed by atoms with Crippen molar-refractivity contribution in [1.82, 2.24) is 0 Å². The van der Waals surface area contributed by atoms with E-state index in [0.717, 1.165) is 12.8 Å². The Kier molecular flexibility index (Phi) is 6.59. The quantitative estimate of drug-likeness (QED) is 0.396. The molecule has 0 heteroatoms. The van der Waals surface area contributed by atoms with Crippen LogP contribution in [0.15, 0.2) is 30.4 Å². The minimum atomic E-state index is 0.966. The van der Waals surface area contributed by atoms with Gasteiger partial charge in [-0.15, -0.1) is 0 Å². The second kappa shape index (κ2) is 7.22. The zero-order valence-electron chi connectivity index (χ0n) is 5.88. The van der Waals surface area contributed by atoms with Gasteiger partial charge >= 0.3 is 0 Å². The van der Waals surface area contributed by atoms with Crippen LogP contribution in [-0.4, -0.2) is 0 Å². The molecule has 0 aliphatic carbocycles. The van der Waals surface area contributed by atoms with Crippen LogP contribution in [0.1, 0.15) is 19.8 Å². The normalized spacial score (nSPS) is 11.2. The molecule has 0 saturated carbocycles. The molecule has 0 aliphatic heterocycles. The lowest BCUT2D eigenvalue weighted by molar-refractivity contribution is 1.05. The summed E-state index contributed by atoms with van der Waals surface area (Å²) in [5.41, 5.74) is 0. The Bertz CT molecular complexity index is 107. The fourth-order valence-corrected chi connectivity index (χ4v) is 0.478. The molecule has 0 rings (SSSR count). The molecule has 0 aliphatic rings. The molecule has 0 aromatic carbocycles. The van der Waals surface area contributed by atoms with Crippen molar-refractivity contribution < 1.29 is 0 Å². The molecular weight excluding hydrogens is 108 g/mol. The van der Waals surface area contributed by atoms with E-state index < -0.39 is 0 Å². The molecule has 0 saturated heterocycles. The first-order chi connectivity index (χ1) is 4.41. The Hall–Kier alpha value is -0.780. The molecule has 0 amide bonds. The first-order valence-corrected chi connectivity index (χ1v) is 3.23. The zero-order valence-corrected chi connectivity index (χ0v) is 5.88. The van der Waals surface area contributed by atoms with Crippen molar-refractivity contribution >= 4 is 0 Å². The van der Waals surface area contributed by atoms with Crippen molar-refractivity contribution in [3.8, 4) is 0 Å². The predicted octanol–water partition coefficient (Wildman–Crippen LogP) is 2.89. The Morgan fingerprint density at radius 3 is 2.56 bits per heavy atom. The summed E-state index contributed by atoms with van der Waals surface area (Å²) in [7, 11) is 0. The Labute approximate surface area is 57.6 Å². The van der Waals surface area contributed by atoms with Crippen LogP contribution in [-0.2, 0) is 0 Å². The molecule has 0 atom stereocenters. The SMILES string of the molecule is [CH]=CCCC=CC=CC. The molecule has 0 N–H and O–H groups in total. The van der Waals surface area contributed by atoms with E-state index in [9.17, 15) is 0 Å². The summed E-state index contributed by atoms with van der Waals surface area (Å²) in [6, 6.07) is 0. The van der Waals surface area contributed by atoms with Gasteiger partial charge in [-0.3, -0.25) is 0 Å². The van der Waals surface area contributed by atoms with E-state index in [2.05, 4.69) is 6.08 Å². The van der Waals surface area contributed by atoms with Crippen LogP contribution in [0.3, 0.4) is 0 Å². The molecule has 0 unspecified atom stereocenters. The van der Waals surface area contributed by atoms with Crippen molar-refractivity contribution in [2.45, 2.75) is 19.8 Å². The number of hydrogen-bond acceptors (Lipinski definition) is 0. The maximum atomic E-state index is 5.17. The molecule has 0 fully saturated rings. The van der Waals surface area contributed by atoms with E-state index in [1.54, 1.807) is 6.08 Å². The third-order valence-electron chi connectivity index (χ3n) is 0.940. The smallest absolute Gasteiger partial charge is 0.0313 e. The molecular formula is C9H13. The van der Waals surface area contributed by atoms with Crippen LogP contribution in [0, 0.1) is 6.58 Å². The lowest BCUT2D eigenvalue weighted by Gasteiger charge is -1.80. The second-order valence-corrected chi connectivity index (χ2v) is 1.77. The lowest BCUT2D eigenvalue weighted by Crippen LogP contribution is -1.60. The van der Waals surface area contributed by atoms with Gasteiger partial charge in [-0.25, -0.2) is 0 Å². The van der Waals surface area contributed by atoms with Gasteiger partial charge in [0.15, 0.2) is 0 Å². The summed E-state index contributed by atoms with van der Waals surface area (Å²) in [5.74, 6) is 0. The second-order valence-electron chi connectivity index (χ2n) is 1.77. The van der Waals surface area contributed by atoms with Crippen molar-refractivity contribution in [1.29, 1.82) is 0 Å². The highest BCUT2D eigenvalue weighted by Crippen LogP contribution is 1.90. The van der Waals surface area contributed by atoms with Gasteiger partial charge in [-0.1, -0.05) is 37.0 Å². The summed E-state index contributed by atoms with van der Waals surface area (Å²) in [6.07, 6.45) is 11.8. The van der Waals surface area contributed by atoms with E-state index in [-0.39, 0.29) is 0 Å². The molecule has 9 heavy (non-hydrogen) atoms. The maximum Gasteiger partial charge on any atom is -0.0313 e. The topological polar surface area (TPSA) is 0 Å². The van der Waals surface area contributed by atoms with Crippen LogP contribution in [0.2, 0.25) is 0 Å². The van der Waals surface area contributed by atoms with Crippen molar-refractivity contribution in [3.05, 3.63) is 37.0 Å². The summed E-state index contributed by atoms with van der Waals surface area (Å²) in [6.45, 7) is 7.17. The minimum absolute atomic E-state index is 0.966. The number of hydrogen-bond donors (Lipinski definition) is 0. The standard InChI is InChI=1S/C9H13/c1-3-5-7-9-8-6-4-2/h1,3-4,6,8-9H,5,7H2,2H3. The minimum Gasteiger partial charge on any atom is -0.0877 e. The third-order valence-corrected chi connectivity index (χ3v) is 0.940. The van der Waals surface area contributed by atoms with E-state index in [1.165, 1.54) is 0 Å². The van der Waals surface area contributed by atoms with E-state index >= 15 is 0 Å². The highest BCUT2D eigenvalue weighted by molar-refractivity contribution is 5.01. The van der Waals surface area contributed by atoms with Gasteiger partial charge in [0.25, 0.3) is 0 Å². The van der Waals surface area contributed by atoms with E-state index in [0.29, 0.717) is 0 Å². The summed E-state index contributed by atoms with van der Waals surface area (Å²) in [5, 5.41) is 0. The van der Waals surface area contributed by atoms with Crippen molar-refractivity contribution in [2.75, 3.05) is 0 Å². The number of unbranched alkanes of at least 4 members (excludes halogenated alkanes) is 1. The molecule has 0 nitrogen and oxygen atoms in total. The molecule has 0 aromatic heterocycles. The fourth-order valence-electron chi connectivity index (χ4n) is 0.478. The zero-order chi connectivity index (χ0) is 6.95. The Morgan fingerprint density at radius 1 is 1.22 bits per heavy atom. The molecule has 1 radical (unpaired) electrons. The molecule has 0 bridgehead atoms. The average molecular weight is 121 g/mol.